The maximum absolute atomic E-state index is 13.6. The van der Waals surface area contributed by atoms with E-state index in [4.69, 9.17) is 14.2 Å². The molecule has 0 saturated carbocycles. The van der Waals surface area contributed by atoms with Gasteiger partial charge in [-0.25, -0.2) is 14.8 Å². The molecule has 0 spiro atoms. The van der Waals surface area contributed by atoms with Crippen LogP contribution in [0.1, 0.15) is 48.6 Å². The minimum atomic E-state index is -0.868. The van der Waals surface area contributed by atoms with Gasteiger partial charge in [-0.15, -0.1) is 0 Å². The normalized spacial score (nSPS) is 12.1. The maximum Gasteiger partial charge on any atom is 0.330 e. The summed E-state index contributed by atoms with van der Waals surface area (Å²) in [5.74, 6) is 0.360. The number of hydrogen-bond acceptors (Lipinski definition) is 7. The highest BCUT2D eigenvalue weighted by molar-refractivity contribution is 5.95. The average molecular weight is 517 g/mol. The highest BCUT2D eigenvalue weighted by Gasteiger charge is 2.32. The van der Waals surface area contributed by atoms with E-state index in [1.807, 2.05) is 57.2 Å². The molecule has 0 saturated heterocycles. The van der Waals surface area contributed by atoms with E-state index in [9.17, 15) is 9.59 Å². The molecular weight excluding hydrogens is 484 g/mol. The Balaban J connectivity index is 1.73. The average Bonchev–Trinajstić information content (AvgIpc) is 3.29. The first-order valence-corrected chi connectivity index (χ1v) is 12.3. The molecule has 9 nitrogen and oxygen atoms in total. The number of benzene rings is 2. The lowest BCUT2D eigenvalue weighted by molar-refractivity contribution is -0.159. The predicted molar refractivity (Wildman–Crippen MR) is 143 cm³/mol. The molecular formula is C29H32N4O5. The van der Waals surface area contributed by atoms with Crippen LogP contribution >= 0.6 is 0 Å². The number of ether oxygens (including phenoxy) is 3. The molecule has 4 rings (SSSR count). The Labute approximate surface area is 221 Å². The summed E-state index contributed by atoms with van der Waals surface area (Å²) >= 11 is 0. The molecule has 2 heterocycles. The zero-order valence-electron chi connectivity index (χ0n) is 22.2. The largest absolute Gasteiger partial charge is 0.497 e. The van der Waals surface area contributed by atoms with Crippen LogP contribution in [0.25, 0.3) is 11.2 Å². The van der Waals surface area contributed by atoms with Crippen LogP contribution in [0.5, 0.6) is 11.5 Å². The molecule has 1 N–H and O–H groups in total. The second-order valence-electron chi connectivity index (χ2n) is 9.75. The van der Waals surface area contributed by atoms with Gasteiger partial charge in [0.2, 0.25) is 5.82 Å². The summed E-state index contributed by atoms with van der Waals surface area (Å²) in [4.78, 5) is 36.1. The van der Waals surface area contributed by atoms with Gasteiger partial charge in [0.1, 0.15) is 28.7 Å². The summed E-state index contributed by atoms with van der Waals surface area (Å²) in [7, 11) is 3.13. The molecule has 1 amide bonds. The molecule has 38 heavy (non-hydrogen) atoms. The van der Waals surface area contributed by atoms with Crippen LogP contribution in [-0.2, 0) is 22.5 Å². The molecule has 0 aliphatic heterocycles. The van der Waals surface area contributed by atoms with Crippen molar-refractivity contribution >= 4 is 23.0 Å². The molecule has 4 aromatic rings. The first-order valence-electron chi connectivity index (χ1n) is 12.3. The van der Waals surface area contributed by atoms with E-state index in [1.54, 1.807) is 49.2 Å². The zero-order chi connectivity index (χ0) is 27.3. The number of nitrogens with one attached hydrogen (secondary N) is 1. The van der Waals surface area contributed by atoms with Gasteiger partial charge < -0.3 is 19.5 Å². The standard InChI is InChI=1S/C29H32N4O5/c1-29(2,3)38-28(35)23(16-19-10-7-6-8-11-19)33-25-22(12-9-15-30-25)32-26(33)27(34)31-18-20-13-14-21(36-4)17-24(20)37-5/h6-15,17,23H,16,18H2,1-5H3,(H,31,34)/t23-/m0/s1. The van der Waals surface area contributed by atoms with Gasteiger partial charge in [-0.05, 0) is 50.6 Å². The van der Waals surface area contributed by atoms with Gasteiger partial charge in [-0.2, -0.15) is 0 Å². The van der Waals surface area contributed by atoms with Crippen molar-refractivity contribution in [2.75, 3.05) is 14.2 Å². The molecule has 0 unspecified atom stereocenters. The van der Waals surface area contributed by atoms with E-state index < -0.39 is 23.5 Å². The van der Waals surface area contributed by atoms with Crippen molar-refractivity contribution in [2.24, 2.45) is 0 Å². The molecule has 198 valence electrons. The van der Waals surface area contributed by atoms with Crippen LogP contribution in [0.2, 0.25) is 0 Å². The van der Waals surface area contributed by atoms with Crippen molar-refractivity contribution in [3.63, 3.8) is 0 Å². The summed E-state index contributed by atoms with van der Waals surface area (Å²) < 4.78 is 18.1. The Kier molecular flexibility index (Phi) is 7.95. The second-order valence-corrected chi connectivity index (χ2v) is 9.75. The first-order chi connectivity index (χ1) is 18.2. The Hall–Kier alpha value is -4.40. The van der Waals surface area contributed by atoms with E-state index in [2.05, 4.69) is 15.3 Å². The molecule has 1 atom stereocenters. The van der Waals surface area contributed by atoms with Gasteiger partial charge in [0.15, 0.2) is 5.65 Å². The molecule has 0 radical (unpaired) electrons. The molecule has 2 aromatic heterocycles. The van der Waals surface area contributed by atoms with Crippen LogP contribution in [0.3, 0.4) is 0 Å². The zero-order valence-corrected chi connectivity index (χ0v) is 22.2. The number of nitrogens with zero attached hydrogens (tertiary/aromatic N) is 3. The number of aromatic nitrogens is 3. The smallest absolute Gasteiger partial charge is 0.330 e. The van der Waals surface area contributed by atoms with Crippen molar-refractivity contribution in [2.45, 2.75) is 45.4 Å². The third-order valence-corrected chi connectivity index (χ3v) is 5.85. The number of fused-ring (bicyclic) bond motifs is 1. The van der Waals surface area contributed by atoms with Gasteiger partial charge in [-0.3, -0.25) is 9.36 Å². The summed E-state index contributed by atoms with van der Waals surface area (Å²) in [6.45, 7) is 5.61. The molecule has 0 aliphatic rings. The van der Waals surface area contributed by atoms with Gasteiger partial charge in [-0.1, -0.05) is 30.3 Å². The Morgan fingerprint density at radius 1 is 1.00 bits per heavy atom. The maximum atomic E-state index is 13.6. The fourth-order valence-electron chi connectivity index (χ4n) is 4.12. The molecule has 0 bridgehead atoms. The fraction of sp³-hybridized carbons (Fsp3) is 0.310. The molecule has 0 aliphatic carbocycles. The number of methoxy groups -OCH3 is 2. The van der Waals surface area contributed by atoms with E-state index in [-0.39, 0.29) is 12.4 Å². The highest BCUT2D eigenvalue weighted by atomic mass is 16.6. The Morgan fingerprint density at radius 3 is 2.45 bits per heavy atom. The van der Waals surface area contributed by atoms with Crippen molar-refractivity contribution in [1.29, 1.82) is 0 Å². The quantitative estimate of drug-likeness (QED) is 0.327. The van der Waals surface area contributed by atoms with Gasteiger partial charge in [0, 0.05) is 30.8 Å². The lowest BCUT2D eigenvalue weighted by atomic mass is 10.0. The van der Waals surface area contributed by atoms with Crippen molar-refractivity contribution in [3.8, 4) is 11.5 Å². The highest BCUT2D eigenvalue weighted by Crippen LogP contribution is 2.27. The summed E-state index contributed by atoms with van der Waals surface area (Å²) in [6, 6.07) is 17.6. The van der Waals surface area contributed by atoms with E-state index in [0.717, 1.165) is 11.1 Å². The Bertz CT molecular complexity index is 1430. The topological polar surface area (TPSA) is 105 Å². The summed E-state index contributed by atoms with van der Waals surface area (Å²) in [5.41, 5.74) is 1.88. The first kappa shape index (κ1) is 26.7. The van der Waals surface area contributed by atoms with Crippen molar-refractivity contribution < 1.29 is 23.8 Å². The van der Waals surface area contributed by atoms with Crippen LogP contribution in [0.4, 0.5) is 0 Å². The number of carbonyl (C=O) groups excluding carboxylic acids is 2. The fourth-order valence-corrected chi connectivity index (χ4v) is 4.12. The van der Waals surface area contributed by atoms with E-state index in [0.29, 0.717) is 29.1 Å². The third-order valence-electron chi connectivity index (χ3n) is 5.85. The lowest BCUT2D eigenvalue weighted by Crippen LogP contribution is -2.34. The van der Waals surface area contributed by atoms with Crippen molar-refractivity contribution in [3.05, 3.63) is 83.8 Å². The van der Waals surface area contributed by atoms with Gasteiger partial charge in [0.05, 0.1) is 14.2 Å². The number of pyridine rings is 1. The third kappa shape index (κ3) is 6.11. The van der Waals surface area contributed by atoms with Crippen molar-refractivity contribution in [1.82, 2.24) is 19.9 Å². The molecule has 2 aromatic carbocycles. The number of imidazole rings is 1. The monoisotopic (exact) mass is 516 g/mol. The number of esters is 1. The Morgan fingerprint density at radius 2 is 1.76 bits per heavy atom. The van der Waals surface area contributed by atoms with E-state index >= 15 is 0 Å². The van der Waals surface area contributed by atoms with Gasteiger partial charge >= 0.3 is 5.97 Å². The SMILES string of the molecule is COc1ccc(CNC(=O)c2nc3cccnc3n2[C@@H](Cc2ccccc2)C(=O)OC(C)(C)C)c(OC)c1. The summed E-state index contributed by atoms with van der Waals surface area (Å²) in [6.07, 6.45) is 1.91. The second kappa shape index (κ2) is 11.3. The van der Waals surface area contributed by atoms with Crippen LogP contribution < -0.4 is 14.8 Å². The number of amides is 1. The predicted octanol–water partition coefficient (Wildman–Crippen LogP) is 4.50. The number of carbonyl (C=O) groups is 2. The summed E-state index contributed by atoms with van der Waals surface area (Å²) in [5, 5.41) is 2.91. The van der Waals surface area contributed by atoms with Gasteiger partial charge in [0.25, 0.3) is 5.91 Å². The van der Waals surface area contributed by atoms with Crippen LogP contribution in [0.15, 0.2) is 66.9 Å². The molecule has 9 heteroatoms. The van der Waals surface area contributed by atoms with E-state index in [1.165, 1.54) is 0 Å². The number of hydrogen-bond donors (Lipinski definition) is 1. The minimum Gasteiger partial charge on any atom is -0.497 e. The molecule has 0 fully saturated rings. The van der Waals surface area contributed by atoms with Crippen LogP contribution in [0, 0.1) is 0 Å². The number of rotatable bonds is 9. The lowest BCUT2D eigenvalue weighted by Gasteiger charge is -2.26. The minimum absolute atomic E-state index is 0.0676. The van der Waals surface area contributed by atoms with Crippen LogP contribution in [-0.4, -0.2) is 46.2 Å².